The van der Waals surface area contributed by atoms with Gasteiger partial charge in [0.2, 0.25) is 6.10 Å². The molecule has 0 N–H and O–H groups in total. The zero-order valence-corrected chi connectivity index (χ0v) is 9.40. The first kappa shape index (κ1) is 11.2. The summed E-state index contributed by atoms with van der Waals surface area (Å²) in [5.74, 6) is -0.405. The van der Waals surface area contributed by atoms with Crippen LogP contribution in [0.3, 0.4) is 0 Å². The number of fused-ring (bicyclic) bond motifs is 1. The van der Waals surface area contributed by atoms with Gasteiger partial charge in [-0.2, -0.15) is 0 Å². The van der Waals surface area contributed by atoms with Crippen LogP contribution in [-0.2, 0) is 19.1 Å². The van der Waals surface area contributed by atoms with Crippen molar-refractivity contribution in [2.24, 2.45) is 11.8 Å². The topological polar surface area (TPSA) is 52.6 Å². The van der Waals surface area contributed by atoms with Gasteiger partial charge in [-0.05, 0) is 19.8 Å². The zero-order valence-electron chi connectivity index (χ0n) is 9.40. The normalized spacial score (nSPS) is 32.8. The van der Waals surface area contributed by atoms with E-state index in [4.69, 9.17) is 9.47 Å². The summed E-state index contributed by atoms with van der Waals surface area (Å²) in [7, 11) is 0. The molecule has 88 valence electrons. The van der Waals surface area contributed by atoms with E-state index in [1.165, 1.54) is 0 Å². The Morgan fingerprint density at radius 1 is 1.50 bits per heavy atom. The molecule has 2 aliphatic rings. The molecule has 1 saturated carbocycles. The molecule has 0 amide bonds. The highest BCUT2D eigenvalue weighted by Gasteiger charge is 2.45. The van der Waals surface area contributed by atoms with Crippen molar-refractivity contribution in [3.8, 4) is 0 Å². The van der Waals surface area contributed by atoms with E-state index in [2.05, 4.69) is 6.58 Å². The molecule has 0 aromatic carbocycles. The molecule has 0 bridgehead atoms. The van der Waals surface area contributed by atoms with Crippen LogP contribution >= 0.6 is 0 Å². The second-order valence-electron chi connectivity index (χ2n) is 4.59. The Bertz CT molecular complexity index is 334. The van der Waals surface area contributed by atoms with Gasteiger partial charge in [0.25, 0.3) is 0 Å². The highest BCUT2D eigenvalue weighted by Crippen LogP contribution is 2.38. The first-order valence-corrected chi connectivity index (χ1v) is 5.62. The molecule has 0 radical (unpaired) electrons. The van der Waals surface area contributed by atoms with Gasteiger partial charge >= 0.3 is 11.9 Å². The Hall–Kier alpha value is -1.32. The minimum Gasteiger partial charge on any atom is -0.463 e. The summed E-state index contributed by atoms with van der Waals surface area (Å²) in [6, 6.07) is 0. The molecule has 1 heterocycles. The highest BCUT2D eigenvalue weighted by molar-refractivity contribution is 5.89. The third-order valence-corrected chi connectivity index (χ3v) is 3.36. The third kappa shape index (κ3) is 1.96. The first-order valence-electron chi connectivity index (χ1n) is 5.62. The molecule has 2 rings (SSSR count). The van der Waals surface area contributed by atoms with Crippen molar-refractivity contribution in [3.05, 3.63) is 12.2 Å². The van der Waals surface area contributed by atoms with Crippen molar-refractivity contribution in [2.75, 3.05) is 6.61 Å². The van der Waals surface area contributed by atoms with Gasteiger partial charge in [-0.1, -0.05) is 13.0 Å². The van der Waals surface area contributed by atoms with E-state index >= 15 is 0 Å². The summed E-state index contributed by atoms with van der Waals surface area (Å²) in [6.45, 7) is 5.55. The van der Waals surface area contributed by atoms with Gasteiger partial charge in [-0.25, -0.2) is 9.59 Å². The average Bonchev–Trinajstić information content (AvgIpc) is 2.70. The fourth-order valence-corrected chi connectivity index (χ4v) is 2.47. The van der Waals surface area contributed by atoms with Gasteiger partial charge in [0.15, 0.2) is 0 Å². The van der Waals surface area contributed by atoms with Gasteiger partial charge in [0.05, 0.1) is 6.61 Å². The molecule has 1 saturated heterocycles. The summed E-state index contributed by atoms with van der Waals surface area (Å²) in [5.41, 5.74) is 0.313. The highest BCUT2D eigenvalue weighted by atomic mass is 16.6. The number of esters is 2. The summed E-state index contributed by atoms with van der Waals surface area (Å²) in [5, 5.41) is 0. The molecule has 0 spiro atoms. The molecule has 4 nitrogen and oxygen atoms in total. The van der Waals surface area contributed by atoms with Gasteiger partial charge in [0.1, 0.15) is 0 Å². The first-order chi connectivity index (χ1) is 7.59. The smallest absolute Gasteiger partial charge is 0.347 e. The summed E-state index contributed by atoms with van der Waals surface area (Å²) < 4.78 is 10.2. The maximum atomic E-state index is 11.6. The SMILES string of the molecule is C=C(C)C(=O)OC1C(=O)OCC2CCCC21. The van der Waals surface area contributed by atoms with E-state index in [1.54, 1.807) is 6.92 Å². The molecular weight excluding hydrogens is 208 g/mol. The van der Waals surface area contributed by atoms with E-state index in [9.17, 15) is 9.59 Å². The van der Waals surface area contributed by atoms with Crippen molar-refractivity contribution in [3.63, 3.8) is 0 Å². The third-order valence-electron chi connectivity index (χ3n) is 3.36. The number of hydrogen-bond acceptors (Lipinski definition) is 4. The van der Waals surface area contributed by atoms with E-state index in [0.29, 0.717) is 18.1 Å². The molecule has 1 aliphatic heterocycles. The molecule has 3 atom stereocenters. The van der Waals surface area contributed by atoms with Crippen molar-refractivity contribution < 1.29 is 19.1 Å². The van der Waals surface area contributed by atoms with Crippen LogP contribution in [0.2, 0.25) is 0 Å². The van der Waals surface area contributed by atoms with Gasteiger partial charge < -0.3 is 9.47 Å². The predicted octanol–water partition coefficient (Wildman–Crippen LogP) is 1.45. The second-order valence-corrected chi connectivity index (χ2v) is 4.59. The lowest BCUT2D eigenvalue weighted by Crippen LogP contribution is -2.43. The quantitative estimate of drug-likeness (QED) is 0.526. The lowest BCUT2D eigenvalue weighted by Gasteiger charge is -2.31. The lowest BCUT2D eigenvalue weighted by molar-refractivity contribution is -0.180. The Morgan fingerprint density at radius 3 is 2.94 bits per heavy atom. The summed E-state index contributed by atoms with van der Waals surface area (Å²) in [6.07, 6.45) is 2.35. The fourth-order valence-electron chi connectivity index (χ4n) is 2.47. The van der Waals surface area contributed by atoms with Crippen LogP contribution in [0.4, 0.5) is 0 Å². The molecule has 3 unspecified atom stereocenters. The average molecular weight is 224 g/mol. The summed E-state index contributed by atoms with van der Waals surface area (Å²) in [4.78, 5) is 23.0. The van der Waals surface area contributed by atoms with Crippen LogP contribution in [0.5, 0.6) is 0 Å². The van der Waals surface area contributed by atoms with E-state index < -0.39 is 18.0 Å². The molecular formula is C12H16O4. The van der Waals surface area contributed by atoms with Gasteiger partial charge in [-0.3, -0.25) is 0 Å². The standard InChI is InChI=1S/C12H16O4/c1-7(2)11(13)16-10-9-5-3-4-8(9)6-15-12(10)14/h8-10H,1,3-6H2,2H3. The van der Waals surface area contributed by atoms with E-state index in [1.807, 2.05) is 0 Å². The van der Waals surface area contributed by atoms with Crippen LogP contribution < -0.4 is 0 Å². The number of rotatable bonds is 2. The number of carbonyl (C=O) groups is 2. The maximum absolute atomic E-state index is 11.6. The van der Waals surface area contributed by atoms with Gasteiger partial charge in [-0.15, -0.1) is 0 Å². The predicted molar refractivity (Wildman–Crippen MR) is 56.5 cm³/mol. The van der Waals surface area contributed by atoms with Crippen LogP contribution in [0.1, 0.15) is 26.2 Å². The maximum Gasteiger partial charge on any atom is 0.347 e. The lowest BCUT2D eigenvalue weighted by atomic mass is 9.89. The summed E-state index contributed by atoms with van der Waals surface area (Å²) >= 11 is 0. The Labute approximate surface area is 94.6 Å². The molecule has 1 aliphatic carbocycles. The van der Waals surface area contributed by atoms with E-state index in [0.717, 1.165) is 19.3 Å². The zero-order chi connectivity index (χ0) is 11.7. The molecule has 0 aromatic heterocycles. The van der Waals surface area contributed by atoms with E-state index in [-0.39, 0.29) is 5.92 Å². The Balaban J connectivity index is 2.07. The molecule has 16 heavy (non-hydrogen) atoms. The molecule has 0 aromatic rings. The largest absolute Gasteiger partial charge is 0.463 e. The Kier molecular flexibility index (Phi) is 2.99. The number of ether oxygens (including phenoxy) is 2. The van der Waals surface area contributed by atoms with Crippen LogP contribution in [-0.4, -0.2) is 24.6 Å². The monoisotopic (exact) mass is 224 g/mol. The molecule has 4 heteroatoms. The van der Waals surface area contributed by atoms with Crippen molar-refractivity contribution >= 4 is 11.9 Å². The number of cyclic esters (lactones) is 1. The number of carbonyl (C=O) groups excluding carboxylic acids is 2. The van der Waals surface area contributed by atoms with Crippen molar-refractivity contribution in [1.82, 2.24) is 0 Å². The Morgan fingerprint density at radius 2 is 2.25 bits per heavy atom. The second kappa shape index (κ2) is 4.28. The molecule has 2 fully saturated rings. The minimum absolute atomic E-state index is 0.143. The number of hydrogen-bond donors (Lipinski definition) is 0. The van der Waals surface area contributed by atoms with Crippen LogP contribution in [0.25, 0.3) is 0 Å². The van der Waals surface area contributed by atoms with Crippen molar-refractivity contribution in [1.29, 1.82) is 0 Å². The minimum atomic E-state index is -0.717. The van der Waals surface area contributed by atoms with Gasteiger partial charge in [0, 0.05) is 17.4 Å². The van der Waals surface area contributed by atoms with Crippen molar-refractivity contribution in [2.45, 2.75) is 32.3 Å². The van der Waals surface area contributed by atoms with Crippen LogP contribution in [0, 0.1) is 11.8 Å². The fraction of sp³-hybridized carbons (Fsp3) is 0.667. The van der Waals surface area contributed by atoms with Crippen LogP contribution in [0.15, 0.2) is 12.2 Å².